The molecule has 0 atom stereocenters. The Kier molecular flexibility index (Phi) is 9.42. The minimum Gasteiger partial charge on any atom is -0.500 e. The first-order valence-corrected chi connectivity index (χ1v) is 19.8. The van der Waals surface area contributed by atoms with Crippen LogP contribution in [0.2, 0.25) is 19.6 Å². The largest absolute Gasteiger partial charge is 0.500 e. The molecule has 249 valence electrons. The molecule has 0 aliphatic rings. The molecule has 5 heteroatoms. The molecule has 5 aromatic carbocycles. The Morgan fingerprint density at radius 3 is 1.94 bits per heavy atom. The fourth-order valence-electron chi connectivity index (χ4n) is 5.54. The Bertz CT molecular complexity index is 2500. The number of pyridine rings is 2. The van der Waals surface area contributed by atoms with Gasteiger partial charge in [0.1, 0.15) is 5.58 Å². The van der Waals surface area contributed by atoms with Gasteiger partial charge in [0.05, 0.1) is 13.7 Å². The Morgan fingerprint density at radius 1 is 0.600 bits per heavy atom. The molecule has 0 bridgehead atoms. The van der Waals surface area contributed by atoms with Crippen LogP contribution in [0.5, 0.6) is 0 Å². The van der Waals surface area contributed by atoms with Crippen LogP contribution in [0.1, 0.15) is 27.7 Å². The number of aromatic nitrogens is 2. The first-order chi connectivity index (χ1) is 25.4. The SMILES string of the molecule is [2H]C([2H])(c1ccccc1)c1cc[c-]c(-c2ccc([Si](C)(C)C)cn2)c1.[2H]C([2H])(c1ccccc1)c1ccnc(-c2[c-]cc3oc4ccccc4c3c2)c1.[Ir]. The van der Waals surface area contributed by atoms with Crippen LogP contribution in [0.3, 0.4) is 0 Å². The molecule has 8 aromatic rings. The maximum absolute atomic E-state index is 8.60. The molecule has 0 saturated heterocycles. The van der Waals surface area contributed by atoms with Gasteiger partial charge in [-0.3, -0.25) is 0 Å². The summed E-state index contributed by atoms with van der Waals surface area (Å²) in [6.07, 6.45) is 0.444. The number of fused-ring (bicyclic) bond motifs is 3. The van der Waals surface area contributed by atoms with E-state index in [1.165, 1.54) is 5.19 Å². The Labute approximate surface area is 315 Å². The molecule has 8 rings (SSSR count). The van der Waals surface area contributed by atoms with Crippen molar-refractivity contribution in [1.29, 1.82) is 0 Å². The summed E-state index contributed by atoms with van der Waals surface area (Å²) in [4.78, 5) is 9.05. The van der Waals surface area contributed by atoms with Gasteiger partial charge in [0, 0.05) is 43.4 Å². The van der Waals surface area contributed by atoms with Crippen molar-refractivity contribution in [3.8, 4) is 22.5 Å². The molecule has 3 aromatic heterocycles. The van der Waals surface area contributed by atoms with E-state index in [2.05, 4.69) is 47.8 Å². The molecule has 0 N–H and O–H groups in total. The number of para-hydroxylation sites is 1. The Balaban J connectivity index is 0.000000182. The summed E-state index contributed by atoms with van der Waals surface area (Å²) < 4.78 is 40.1. The first-order valence-electron chi connectivity index (χ1n) is 18.3. The molecule has 0 fully saturated rings. The van der Waals surface area contributed by atoms with Gasteiger partial charge in [-0.05, 0) is 58.1 Å². The summed E-state index contributed by atoms with van der Waals surface area (Å²) in [6.45, 7) is 6.89. The molecular formula is C45H38IrN2OSi-2. The summed E-state index contributed by atoms with van der Waals surface area (Å²) in [6, 6.07) is 49.7. The fourth-order valence-corrected chi connectivity index (χ4v) is 6.57. The monoisotopic (exact) mass is 847 g/mol. The van der Waals surface area contributed by atoms with Gasteiger partial charge in [0.25, 0.3) is 0 Å². The van der Waals surface area contributed by atoms with Crippen molar-refractivity contribution in [2.24, 2.45) is 0 Å². The molecule has 3 nitrogen and oxygen atoms in total. The number of hydrogen-bond acceptors (Lipinski definition) is 3. The number of hydrogen-bond donors (Lipinski definition) is 0. The van der Waals surface area contributed by atoms with Gasteiger partial charge in [-0.1, -0.05) is 122 Å². The maximum Gasteiger partial charge on any atom is 0.120 e. The predicted octanol–water partition coefficient (Wildman–Crippen LogP) is 10.7. The Morgan fingerprint density at radius 2 is 1.26 bits per heavy atom. The van der Waals surface area contributed by atoms with Crippen LogP contribution in [0.25, 0.3) is 44.5 Å². The second kappa shape index (κ2) is 15.7. The van der Waals surface area contributed by atoms with Gasteiger partial charge in [0.15, 0.2) is 0 Å². The molecule has 0 aliphatic carbocycles. The maximum atomic E-state index is 8.60. The van der Waals surface area contributed by atoms with Gasteiger partial charge in [-0.25, -0.2) is 0 Å². The van der Waals surface area contributed by atoms with Gasteiger partial charge in [-0.2, -0.15) is 0 Å². The summed E-state index contributed by atoms with van der Waals surface area (Å²) in [5.74, 6) is 0. The molecule has 0 spiro atoms. The smallest absolute Gasteiger partial charge is 0.120 e. The van der Waals surface area contributed by atoms with Crippen molar-refractivity contribution < 1.29 is 30.0 Å². The predicted molar refractivity (Wildman–Crippen MR) is 206 cm³/mol. The summed E-state index contributed by atoms with van der Waals surface area (Å²) >= 11 is 0. The molecule has 0 unspecified atom stereocenters. The van der Waals surface area contributed by atoms with E-state index in [9.17, 15) is 0 Å². The third-order valence-corrected chi connectivity index (χ3v) is 10.2. The zero-order valence-corrected chi connectivity index (χ0v) is 31.5. The minimum atomic E-state index is -1.61. The molecular weight excluding hydrogens is 805 g/mol. The third-order valence-electron chi connectivity index (χ3n) is 8.18. The Hall–Kier alpha value is -4.93. The van der Waals surface area contributed by atoms with Crippen LogP contribution in [-0.2, 0) is 32.9 Å². The first kappa shape index (κ1) is 29.9. The van der Waals surface area contributed by atoms with E-state index >= 15 is 0 Å². The van der Waals surface area contributed by atoms with E-state index in [1.54, 1.807) is 42.6 Å². The van der Waals surface area contributed by atoms with E-state index in [0.717, 1.165) is 38.8 Å². The summed E-state index contributed by atoms with van der Waals surface area (Å²) in [5.41, 5.74) is 7.20. The second-order valence-electron chi connectivity index (χ2n) is 12.8. The average Bonchev–Trinajstić information content (AvgIpc) is 3.57. The van der Waals surface area contributed by atoms with Crippen molar-refractivity contribution in [2.75, 3.05) is 0 Å². The van der Waals surface area contributed by atoms with Crippen molar-refractivity contribution in [2.45, 2.75) is 32.4 Å². The topological polar surface area (TPSA) is 38.9 Å². The third kappa shape index (κ3) is 8.43. The van der Waals surface area contributed by atoms with E-state index in [-0.39, 0.29) is 20.1 Å². The van der Waals surface area contributed by atoms with Crippen LogP contribution in [0.15, 0.2) is 156 Å². The molecule has 3 heterocycles. The molecule has 0 aliphatic heterocycles. The van der Waals surface area contributed by atoms with E-state index in [1.807, 2.05) is 103 Å². The molecule has 0 amide bonds. The van der Waals surface area contributed by atoms with Gasteiger partial charge < -0.3 is 14.4 Å². The van der Waals surface area contributed by atoms with Gasteiger partial charge in [0.2, 0.25) is 0 Å². The van der Waals surface area contributed by atoms with Crippen LogP contribution < -0.4 is 5.19 Å². The van der Waals surface area contributed by atoms with Crippen molar-refractivity contribution >= 4 is 35.2 Å². The number of rotatable bonds is 7. The summed E-state index contributed by atoms with van der Waals surface area (Å²) in [7, 11) is -1.37. The standard InChI is InChI=1S/C24H16NO.C21H22NSi.Ir/c1-2-6-17(7-3-1)14-18-12-13-25-22(15-18)19-10-11-24-21(16-19)20-8-4-5-9-23(20)26-24;1-23(2,3)20-12-13-21(22-16-20)19-11-7-10-18(15-19)14-17-8-5-4-6-9-17;/h1-9,11-13,15-16H,14H2;4-10,12-13,15-16H,14H2,1-3H3;/q2*-1;/i2*14D2;. The van der Waals surface area contributed by atoms with Crippen molar-refractivity contribution in [3.63, 3.8) is 0 Å². The number of nitrogens with zero attached hydrogens (tertiary/aromatic N) is 2. The average molecular weight is 847 g/mol. The van der Waals surface area contributed by atoms with Crippen molar-refractivity contribution in [3.05, 3.63) is 186 Å². The van der Waals surface area contributed by atoms with Crippen LogP contribution in [0, 0.1) is 12.1 Å². The quantitative estimate of drug-likeness (QED) is 0.118. The molecule has 0 saturated carbocycles. The van der Waals surface area contributed by atoms with Crippen LogP contribution >= 0.6 is 0 Å². The van der Waals surface area contributed by atoms with Crippen molar-refractivity contribution in [1.82, 2.24) is 9.97 Å². The van der Waals surface area contributed by atoms with Crippen LogP contribution in [0.4, 0.5) is 0 Å². The molecule has 50 heavy (non-hydrogen) atoms. The second-order valence-corrected chi connectivity index (χ2v) is 17.9. The zero-order chi connectivity index (χ0) is 37.2. The fraction of sp³-hybridized carbons (Fsp3) is 0.111. The van der Waals surface area contributed by atoms with Gasteiger partial charge >= 0.3 is 0 Å². The number of benzene rings is 5. The summed E-state index contributed by atoms with van der Waals surface area (Å²) in [5, 5.41) is 3.36. The van der Waals surface area contributed by atoms with Gasteiger partial charge in [-0.15, -0.1) is 59.2 Å². The zero-order valence-electron chi connectivity index (χ0n) is 32.1. The van der Waals surface area contributed by atoms with E-state index in [0.29, 0.717) is 27.9 Å². The minimum absolute atomic E-state index is 0. The van der Waals surface area contributed by atoms with E-state index in [4.69, 9.17) is 9.90 Å². The van der Waals surface area contributed by atoms with E-state index < -0.39 is 20.8 Å². The molecule has 1 radical (unpaired) electrons. The number of furan rings is 1. The normalized spacial score (nSPS) is 12.9. The van der Waals surface area contributed by atoms with Crippen LogP contribution in [-0.4, -0.2) is 18.0 Å².